The molecule has 3 rings (SSSR count). The first kappa shape index (κ1) is 18.0. The third-order valence-electron chi connectivity index (χ3n) is 6.53. The van der Waals surface area contributed by atoms with Gasteiger partial charge >= 0.3 is 0 Å². The zero-order chi connectivity index (χ0) is 17.5. The van der Waals surface area contributed by atoms with Crippen molar-refractivity contribution in [2.75, 3.05) is 13.1 Å². The van der Waals surface area contributed by atoms with Crippen molar-refractivity contribution >= 4 is 17.7 Å². The molecule has 0 aromatic heterocycles. The molecule has 134 valence electrons. The second-order valence-electron chi connectivity index (χ2n) is 8.24. The highest BCUT2D eigenvalue weighted by Crippen LogP contribution is 2.52. The Morgan fingerprint density at radius 3 is 2.58 bits per heavy atom. The first-order valence-corrected chi connectivity index (χ1v) is 9.51. The third kappa shape index (κ3) is 3.29. The molecule has 0 spiro atoms. The lowest BCUT2D eigenvalue weighted by Gasteiger charge is -2.30. The van der Waals surface area contributed by atoms with Crippen LogP contribution in [0.15, 0.2) is 0 Å². The number of halogens is 1. The van der Waals surface area contributed by atoms with Crippen LogP contribution in [0.2, 0.25) is 0 Å². The number of likely N-dealkylation sites (tertiary alicyclic amines) is 1. The molecule has 2 saturated carbocycles. The van der Waals surface area contributed by atoms with Crippen LogP contribution in [-0.2, 0) is 4.79 Å². The Morgan fingerprint density at radius 1 is 1.42 bits per heavy atom. The molecule has 3 fully saturated rings. The number of aliphatic hydroxyl groups is 1. The minimum absolute atomic E-state index is 0.0372. The maximum atomic E-state index is 12.4. The van der Waals surface area contributed by atoms with Crippen molar-refractivity contribution in [2.45, 2.75) is 70.1 Å². The smallest absolute Gasteiger partial charge is 0.239 e. The molecule has 6 heteroatoms. The maximum absolute atomic E-state index is 12.4. The van der Waals surface area contributed by atoms with E-state index < -0.39 is 5.60 Å². The molecule has 5 nitrogen and oxygen atoms in total. The Kier molecular flexibility index (Phi) is 5.11. The lowest BCUT2D eigenvalue weighted by atomic mass is 9.86. The van der Waals surface area contributed by atoms with Gasteiger partial charge in [0.25, 0.3) is 0 Å². The average Bonchev–Trinajstić information content (AvgIpc) is 3.19. The Morgan fingerprint density at radius 2 is 2.04 bits per heavy atom. The van der Waals surface area contributed by atoms with Crippen LogP contribution in [0.1, 0.15) is 52.4 Å². The van der Waals surface area contributed by atoms with E-state index in [1.54, 1.807) is 9.32 Å². The van der Waals surface area contributed by atoms with Crippen molar-refractivity contribution in [3.05, 3.63) is 0 Å². The quantitative estimate of drug-likeness (QED) is 0.788. The van der Waals surface area contributed by atoms with Crippen LogP contribution >= 0.6 is 11.8 Å². The molecule has 24 heavy (non-hydrogen) atoms. The predicted molar refractivity (Wildman–Crippen MR) is 91.9 cm³/mol. The van der Waals surface area contributed by atoms with E-state index in [9.17, 15) is 9.90 Å². The number of nitriles is 1. The topological polar surface area (TPSA) is 67.6 Å². The minimum Gasteiger partial charge on any atom is -0.390 e. The molecule has 1 unspecified atom stereocenters. The van der Waals surface area contributed by atoms with Gasteiger partial charge in [0.2, 0.25) is 5.91 Å². The van der Waals surface area contributed by atoms with E-state index in [2.05, 4.69) is 19.9 Å². The van der Waals surface area contributed by atoms with E-state index >= 15 is 0 Å². The van der Waals surface area contributed by atoms with Crippen molar-refractivity contribution in [3.8, 4) is 6.07 Å². The van der Waals surface area contributed by atoms with Gasteiger partial charge in [0, 0.05) is 12.6 Å². The van der Waals surface area contributed by atoms with Crippen molar-refractivity contribution in [1.29, 1.82) is 5.26 Å². The van der Waals surface area contributed by atoms with Gasteiger partial charge in [-0.1, -0.05) is 13.8 Å². The van der Waals surface area contributed by atoms with Crippen LogP contribution in [0, 0.1) is 29.1 Å². The van der Waals surface area contributed by atoms with Gasteiger partial charge in [-0.15, -0.1) is 0 Å². The van der Waals surface area contributed by atoms with Crippen molar-refractivity contribution in [1.82, 2.24) is 9.32 Å². The summed E-state index contributed by atoms with van der Waals surface area (Å²) < 4.78 is 1.65. The van der Waals surface area contributed by atoms with E-state index in [4.69, 9.17) is 17.0 Å². The van der Waals surface area contributed by atoms with Crippen LogP contribution < -0.4 is 0 Å². The van der Waals surface area contributed by atoms with Gasteiger partial charge in [0.15, 0.2) is 0 Å². The summed E-state index contributed by atoms with van der Waals surface area (Å²) in [7, 11) is 0. The summed E-state index contributed by atoms with van der Waals surface area (Å²) in [5, 5.41) is 19.8. The van der Waals surface area contributed by atoms with Crippen LogP contribution in [0.5, 0.6) is 0 Å². The van der Waals surface area contributed by atoms with Crippen LogP contribution in [0.4, 0.5) is 0 Å². The average molecular weight is 354 g/mol. The molecule has 3 aliphatic rings. The summed E-state index contributed by atoms with van der Waals surface area (Å²) >= 11 is 6.44. The molecule has 1 aliphatic heterocycles. The summed E-state index contributed by atoms with van der Waals surface area (Å²) in [6.45, 7) is 5.02. The number of hydrogen-bond donors (Lipinski definition) is 1. The van der Waals surface area contributed by atoms with Gasteiger partial charge in [0.05, 0.1) is 18.2 Å². The van der Waals surface area contributed by atoms with Crippen molar-refractivity contribution in [3.63, 3.8) is 0 Å². The first-order chi connectivity index (χ1) is 11.3. The van der Waals surface area contributed by atoms with Crippen LogP contribution in [0.3, 0.4) is 0 Å². The molecule has 1 saturated heterocycles. The minimum atomic E-state index is -0.525. The molecule has 0 radical (unpaired) electrons. The number of carbonyl (C=O) groups is 1. The molecular weight excluding hydrogens is 326 g/mol. The molecule has 0 bridgehead atoms. The number of rotatable bonds is 4. The molecule has 1 heterocycles. The molecule has 5 atom stereocenters. The number of fused-ring (bicyclic) bond motifs is 1. The molecule has 1 amide bonds. The normalized spacial score (nSPS) is 38.8. The largest absolute Gasteiger partial charge is 0.390 e. The Hall–Kier alpha value is -0.830. The third-order valence-corrected chi connectivity index (χ3v) is 6.92. The SMILES string of the molecule is CC(C)[C@@]1(O)C[C@H]2CC(N(Cl)CC(=O)N3CCC[C@H]3C#N)C[C@H]2C1. The second-order valence-corrected chi connectivity index (χ2v) is 8.68. The molecule has 1 N–H and O–H groups in total. The van der Waals surface area contributed by atoms with Gasteiger partial charge in [-0.25, -0.2) is 4.42 Å². The van der Waals surface area contributed by atoms with Gasteiger partial charge in [-0.05, 0) is 68.1 Å². The first-order valence-electron chi connectivity index (χ1n) is 9.18. The molecule has 0 aromatic rings. The molecule has 0 aromatic carbocycles. The van der Waals surface area contributed by atoms with E-state index in [1.807, 2.05) is 0 Å². The number of carbonyl (C=O) groups excluding carboxylic acids is 1. The fourth-order valence-corrected chi connectivity index (χ4v) is 5.18. The number of nitrogens with zero attached hydrogens (tertiary/aromatic N) is 3. The van der Waals surface area contributed by atoms with E-state index in [0.29, 0.717) is 18.4 Å². The van der Waals surface area contributed by atoms with Crippen molar-refractivity contribution < 1.29 is 9.90 Å². The summed E-state index contributed by atoms with van der Waals surface area (Å²) in [6.07, 6.45) is 5.29. The van der Waals surface area contributed by atoms with E-state index in [1.165, 1.54) is 0 Å². The van der Waals surface area contributed by atoms with Gasteiger partial charge in [0.1, 0.15) is 6.04 Å². The monoisotopic (exact) mass is 353 g/mol. The van der Waals surface area contributed by atoms with Crippen LogP contribution in [-0.4, -0.2) is 51.1 Å². The summed E-state index contributed by atoms with van der Waals surface area (Å²) in [6, 6.07) is 2.12. The predicted octanol–water partition coefficient (Wildman–Crippen LogP) is 2.53. The van der Waals surface area contributed by atoms with Crippen molar-refractivity contribution in [2.24, 2.45) is 17.8 Å². The van der Waals surface area contributed by atoms with Crippen LogP contribution in [0.25, 0.3) is 0 Å². The molecular formula is C18H28ClN3O2. The lowest BCUT2D eigenvalue weighted by Crippen LogP contribution is -2.42. The zero-order valence-electron chi connectivity index (χ0n) is 14.6. The van der Waals surface area contributed by atoms with E-state index in [-0.39, 0.29) is 30.5 Å². The fourth-order valence-electron chi connectivity index (χ4n) is 4.92. The number of hydrogen-bond acceptors (Lipinski definition) is 4. The van der Waals surface area contributed by atoms with Gasteiger partial charge in [-0.3, -0.25) is 4.79 Å². The highest BCUT2D eigenvalue weighted by Gasteiger charge is 2.50. The zero-order valence-corrected chi connectivity index (χ0v) is 15.4. The molecule has 2 aliphatic carbocycles. The Labute approximate surface area is 149 Å². The highest BCUT2D eigenvalue weighted by molar-refractivity contribution is 6.14. The van der Waals surface area contributed by atoms with E-state index in [0.717, 1.165) is 38.5 Å². The second kappa shape index (κ2) is 6.82. The summed E-state index contributed by atoms with van der Waals surface area (Å²) in [5.74, 6) is 1.27. The number of amides is 1. The standard InChI is InChI=1S/C18H28ClN3O2/c1-12(2)18(24)8-13-6-16(7-14(13)9-18)22(19)11-17(23)21-5-3-4-15(21)10-20/h12-16,24H,3-9,11H2,1-2H3/t13-,14+,15-,16?,18-/m0/s1. The Balaban J connectivity index is 1.53. The Bertz CT molecular complexity index is 519. The fraction of sp³-hybridized carbons (Fsp3) is 0.889. The summed E-state index contributed by atoms with van der Waals surface area (Å²) in [4.78, 5) is 14.1. The van der Waals surface area contributed by atoms with Gasteiger partial charge < -0.3 is 10.0 Å². The maximum Gasteiger partial charge on any atom is 0.239 e. The summed E-state index contributed by atoms with van der Waals surface area (Å²) in [5.41, 5.74) is -0.525. The highest BCUT2D eigenvalue weighted by atomic mass is 35.5. The lowest BCUT2D eigenvalue weighted by molar-refractivity contribution is -0.131. The van der Waals surface area contributed by atoms with Gasteiger partial charge in [-0.2, -0.15) is 5.26 Å².